The van der Waals surface area contributed by atoms with Gasteiger partial charge in [-0.2, -0.15) is 0 Å². The summed E-state index contributed by atoms with van der Waals surface area (Å²) in [5.74, 6) is -1.60. The molecule has 190 valence electrons. The molecule has 0 saturated carbocycles. The maximum atomic E-state index is 11.9. The van der Waals surface area contributed by atoms with Crippen molar-refractivity contribution in [1.82, 2.24) is 0 Å². The van der Waals surface area contributed by atoms with Crippen LogP contribution in [0.25, 0.3) is 0 Å². The summed E-state index contributed by atoms with van der Waals surface area (Å²) >= 11 is 0. The van der Waals surface area contributed by atoms with Gasteiger partial charge in [0.2, 0.25) is 0 Å². The van der Waals surface area contributed by atoms with Crippen LogP contribution < -0.4 is 0 Å². The molecule has 1 rings (SSSR count). The number of hydrogen-bond donors (Lipinski definition) is 1. The number of aryl methyl sites for hydroxylation is 1. The number of ether oxygens (including phenoxy) is 3. The fourth-order valence-corrected chi connectivity index (χ4v) is 2.76. The number of benzene rings is 1. The highest BCUT2D eigenvalue weighted by atomic mass is 32.2. The van der Waals surface area contributed by atoms with Gasteiger partial charge in [-0.25, -0.2) is 22.8 Å². The molecule has 0 atom stereocenters. The number of esters is 3. The Morgan fingerprint density at radius 2 is 1.24 bits per heavy atom. The summed E-state index contributed by atoms with van der Waals surface area (Å²) in [5.41, 5.74) is 2.02. The smallest absolute Gasteiger partial charge is 0.333 e. The molecule has 0 spiro atoms. The molecule has 9 nitrogen and oxygen atoms in total. The maximum absolute atomic E-state index is 11.9. The van der Waals surface area contributed by atoms with E-state index in [1.807, 2.05) is 6.92 Å². The minimum absolute atomic E-state index is 0.0473. The third kappa shape index (κ3) is 15.5. The van der Waals surface area contributed by atoms with Crippen LogP contribution in [0.1, 0.15) is 26.3 Å². The van der Waals surface area contributed by atoms with E-state index in [1.54, 1.807) is 38.1 Å². The molecule has 1 aromatic carbocycles. The summed E-state index contributed by atoms with van der Waals surface area (Å²) in [6, 6.07) is 6.55. The fraction of sp³-hybridized carbons (Fsp3) is 0.375. The van der Waals surface area contributed by atoms with Crippen LogP contribution in [0.4, 0.5) is 0 Å². The van der Waals surface area contributed by atoms with Crippen molar-refractivity contribution in [3.63, 3.8) is 0 Å². The molecule has 1 N–H and O–H groups in total. The Bertz CT molecular complexity index is 959. The largest absolute Gasteiger partial charge is 0.466 e. The Morgan fingerprint density at radius 1 is 0.824 bits per heavy atom. The first-order valence-corrected chi connectivity index (χ1v) is 11.6. The zero-order valence-corrected chi connectivity index (χ0v) is 21.2. The first kappa shape index (κ1) is 32.9. The van der Waals surface area contributed by atoms with Crippen molar-refractivity contribution in [2.45, 2.75) is 32.6 Å². The average molecular weight is 499 g/mol. The SMILES string of the molecule is C=C(C)C(=O)OC.C=C(C)C(=O)OCCO.C=C(C)C(=O)OCCS(=O)(=O)c1ccc(C)cc1. The van der Waals surface area contributed by atoms with Crippen LogP contribution in [0.5, 0.6) is 0 Å². The van der Waals surface area contributed by atoms with Gasteiger partial charge in [-0.15, -0.1) is 0 Å². The van der Waals surface area contributed by atoms with Gasteiger partial charge in [0.25, 0.3) is 0 Å². The summed E-state index contributed by atoms with van der Waals surface area (Å²) in [7, 11) is -2.07. The molecule has 0 heterocycles. The molecule has 0 aliphatic heterocycles. The molecule has 10 heteroatoms. The average Bonchev–Trinajstić information content (AvgIpc) is 2.77. The highest BCUT2D eigenvalue weighted by Crippen LogP contribution is 2.12. The van der Waals surface area contributed by atoms with Gasteiger partial charge < -0.3 is 19.3 Å². The zero-order valence-electron chi connectivity index (χ0n) is 20.4. The lowest BCUT2D eigenvalue weighted by Gasteiger charge is -2.06. The summed E-state index contributed by atoms with van der Waals surface area (Å²) < 4.78 is 37.3. The Labute approximate surface area is 201 Å². The maximum Gasteiger partial charge on any atom is 0.333 e. The van der Waals surface area contributed by atoms with Gasteiger partial charge in [0.1, 0.15) is 13.2 Å². The van der Waals surface area contributed by atoms with Crippen molar-refractivity contribution < 1.29 is 42.1 Å². The first-order chi connectivity index (χ1) is 15.7. The predicted octanol–water partition coefficient (Wildman–Crippen LogP) is 2.72. The summed E-state index contributed by atoms with van der Waals surface area (Å²) in [6.45, 7) is 16.4. The first-order valence-electron chi connectivity index (χ1n) is 9.98. The Morgan fingerprint density at radius 3 is 1.56 bits per heavy atom. The van der Waals surface area contributed by atoms with Gasteiger partial charge in [0.15, 0.2) is 9.84 Å². The van der Waals surface area contributed by atoms with Crippen LogP contribution in [0.3, 0.4) is 0 Å². The van der Waals surface area contributed by atoms with Crippen molar-refractivity contribution in [3.05, 3.63) is 66.3 Å². The zero-order chi connectivity index (χ0) is 26.9. The van der Waals surface area contributed by atoms with Gasteiger partial charge in [-0.05, 0) is 39.8 Å². The molecule has 0 unspecified atom stereocenters. The second-order valence-corrected chi connectivity index (χ2v) is 9.07. The van der Waals surface area contributed by atoms with Gasteiger partial charge in [0, 0.05) is 16.7 Å². The number of carbonyl (C=O) groups is 3. The van der Waals surface area contributed by atoms with E-state index in [1.165, 1.54) is 14.0 Å². The van der Waals surface area contributed by atoms with E-state index in [4.69, 9.17) is 9.84 Å². The quantitative estimate of drug-likeness (QED) is 0.310. The van der Waals surface area contributed by atoms with Crippen LogP contribution >= 0.6 is 0 Å². The molecule has 0 radical (unpaired) electrons. The minimum atomic E-state index is -3.41. The standard InChI is InChI=1S/C13H16O4S.C6H10O3.C5H8O2/c1-10(2)13(14)17-8-9-18(15,16)12-6-4-11(3)5-7-12;1-5(2)6(8)9-4-3-7;1-4(2)5(6)7-3/h4-7H,1,8-9H2,2-3H3;7H,1,3-4H2,2H3;1H2,2-3H3. The van der Waals surface area contributed by atoms with Crippen LogP contribution in [0.15, 0.2) is 65.6 Å². The van der Waals surface area contributed by atoms with Gasteiger partial charge >= 0.3 is 17.9 Å². The highest BCUT2D eigenvalue weighted by molar-refractivity contribution is 7.91. The van der Waals surface area contributed by atoms with Gasteiger partial charge in [0.05, 0.1) is 24.4 Å². The summed E-state index contributed by atoms with van der Waals surface area (Å²) in [4.78, 5) is 32.0. The van der Waals surface area contributed by atoms with Crippen LogP contribution in [-0.2, 0) is 38.4 Å². The number of aliphatic hydroxyl groups is 1. The molecule has 0 aliphatic carbocycles. The van der Waals surface area contributed by atoms with E-state index in [0.29, 0.717) is 11.1 Å². The lowest BCUT2D eigenvalue weighted by atomic mass is 10.2. The predicted molar refractivity (Wildman–Crippen MR) is 129 cm³/mol. The Balaban J connectivity index is 0. The number of hydrogen-bond acceptors (Lipinski definition) is 9. The Kier molecular flexibility index (Phi) is 16.7. The third-order valence-corrected chi connectivity index (χ3v) is 5.22. The van der Waals surface area contributed by atoms with Crippen molar-refractivity contribution in [2.24, 2.45) is 0 Å². The molecular weight excluding hydrogens is 464 g/mol. The molecule has 0 bridgehead atoms. The summed E-state index contributed by atoms with van der Waals surface area (Å²) in [6.07, 6.45) is 0. The number of sulfone groups is 1. The van der Waals surface area contributed by atoms with E-state index in [2.05, 4.69) is 29.2 Å². The van der Waals surface area contributed by atoms with Crippen molar-refractivity contribution in [3.8, 4) is 0 Å². The molecule has 34 heavy (non-hydrogen) atoms. The van der Waals surface area contributed by atoms with E-state index in [9.17, 15) is 22.8 Å². The van der Waals surface area contributed by atoms with Gasteiger partial charge in [-0.3, -0.25) is 0 Å². The molecular formula is C24H34O9S. The molecule has 0 fully saturated rings. The van der Waals surface area contributed by atoms with Crippen molar-refractivity contribution in [1.29, 1.82) is 0 Å². The highest BCUT2D eigenvalue weighted by Gasteiger charge is 2.15. The number of carbonyl (C=O) groups excluding carboxylic acids is 3. The molecule has 1 aromatic rings. The lowest BCUT2D eigenvalue weighted by molar-refractivity contribution is -0.140. The van der Waals surface area contributed by atoms with E-state index in [0.717, 1.165) is 5.56 Å². The van der Waals surface area contributed by atoms with Crippen LogP contribution in [0.2, 0.25) is 0 Å². The number of aliphatic hydroxyl groups excluding tert-OH is 1. The van der Waals surface area contributed by atoms with Crippen LogP contribution in [0, 0.1) is 6.92 Å². The molecule has 0 amide bonds. The Hall–Kier alpha value is -3.24. The fourth-order valence-electron chi connectivity index (χ4n) is 1.67. The van der Waals surface area contributed by atoms with Crippen molar-refractivity contribution in [2.75, 3.05) is 32.7 Å². The second kappa shape index (κ2) is 17.3. The lowest BCUT2D eigenvalue weighted by Crippen LogP contribution is -2.15. The number of rotatable bonds is 9. The van der Waals surface area contributed by atoms with E-state index < -0.39 is 21.8 Å². The normalized spacial score (nSPS) is 9.71. The summed E-state index contributed by atoms with van der Waals surface area (Å²) in [5, 5.41) is 8.19. The third-order valence-electron chi connectivity index (χ3n) is 3.52. The van der Waals surface area contributed by atoms with Crippen molar-refractivity contribution >= 4 is 27.7 Å². The van der Waals surface area contributed by atoms with E-state index >= 15 is 0 Å². The number of methoxy groups -OCH3 is 1. The van der Waals surface area contributed by atoms with Gasteiger partial charge in [-0.1, -0.05) is 37.4 Å². The van der Waals surface area contributed by atoms with E-state index in [-0.39, 0.29) is 42.0 Å². The minimum Gasteiger partial charge on any atom is -0.466 e. The van der Waals surface area contributed by atoms with Crippen LogP contribution in [-0.4, -0.2) is 64.1 Å². The molecule has 0 aromatic heterocycles. The molecule has 0 aliphatic rings. The topological polar surface area (TPSA) is 133 Å². The molecule has 0 saturated heterocycles. The second-order valence-electron chi connectivity index (χ2n) is 6.96. The monoisotopic (exact) mass is 498 g/mol.